The second-order valence-corrected chi connectivity index (χ2v) is 6.08. The molecule has 0 bridgehead atoms. The lowest BCUT2D eigenvalue weighted by Crippen LogP contribution is -2.01. The Bertz CT molecular complexity index is 563. The van der Waals surface area contributed by atoms with E-state index >= 15 is 0 Å². The lowest BCUT2D eigenvalue weighted by atomic mass is 10.0. The van der Waals surface area contributed by atoms with Crippen LogP contribution in [-0.2, 0) is 0 Å². The van der Waals surface area contributed by atoms with Gasteiger partial charge >= 0.3 is 0 Å². The summed E-state index contributed by atoms with van der Waals surface area (Å²) >= 11 is 1.70. The van der Waals surface area contributed by atoms with Gasteiger partial charge in [-0.15, -0.1) is 11.8 Å². The van der Waals surface area contributed by atoms with Crippen LogP contribution in [0.2, 0.25) is 0 Å². The average Bonchev–Trinajstić information content (AvgIpc) is 2.39. The number of aliphatic hydroxyl groups is 1. The van der Waals surface area contributed by atoms with E-state index in [0.717, 1.165) is 5.56 Å². The summed E-state index contributed by atoms with van der Waals surface area (Å²) in [5.74, 6) is 0.686. The molecule has 0 aliphatic carbocycles. The van der Waals surface area contributed by atoms with Crippen molar-refractivity contribution in [1.82, 2.24) is 0 Å². The highest BCUT2D eigenvalue weighted by Gasteiger charge is 2.09. The van der Waals surface area contributed by atoms with E-state index in [-0.39, 0.29) is 0 Å². The van der Waals surface area contributed by atoms with Gasteiger partial charge in [-0.2, -0.15) is 0 Å². The summed E-state index contributed by atoms with van der Waals surface area (Å²) in [5, 5.41) is 10.2. The van der Waals surface area contributed by atoms with Gasteiger partial charge in [-0.25, -0.2) is 0 Å². The van der Waals surface area contributed by atoms with Crippen molar-refractivity contribution in [3.05, 3.63) is 64.7 Å². The fourth-order valence-electron chi connectivity index (χ4n) is 1.95. The Morgan fingerprint density at radius 1 is 1.00 bits per heavy atom. The topological polar surface area (TPSA) is 20.2 Å². The molecule has 0 aromatic heterocycles. The van der Waals surface area contributed by atoms with E-state index in [0.29, 0.717) is 5.75 Å². The molecule has 1 atom stereocenters. The van der Waals surface area contributed by atoms with Crippen molar-refractivity contribution in [1.29, 1.82) is 0 Å². The molecule has 0 saturated heterocycles. The predicted molar refractivity (Wildman–Crippen MR) is 82.8 cm³/mol. The molecule has 19 heavy (non-hydrogen) atoms. The molecule has 100 valence electrons. The highest BCUT2D eigenvalue weighted by Crippen LogP contribution is 2.26. The number of thioether (sulfide) groups is 1. The Hall–Kier alpha value is -1.25. The number of aliphatic hydroxyl groups excluding tert-OH is 1. The molecule has 0 radical (unpaired) electrons. The van der Waals surface area contributed by atoms with Gasteiger partial charge < -0.3 is 5.11 Å². The quantitative estimate of drug-likeness (QED) is 0.830. The van der Waals surface area contributed by atoms with Crippen LogP contribution in [0, 0.1) is 20.8 Å². The SMILES string of the molecule is Cc1cccc(SCC(O)c2ccc(C)c(C)c2)c1. The number of benzene rings is 2. The highest BCUT2D eigenvalue weighted by molar-refractivity contribution is 7.99. The Balaban J connectivity index is 2.01. The molecule has 1 nitrogen and oxygen atoms in total. The highest BCUT2D eigenvalue weighted by atomic mass is 32.2. The maximum atomic E-state index is 10.2. The number of rotatable bonds is 4. The molecule has 0 fully saturated rings. The fraction of sp³-hybridized carbons (Fsp3) is 0.294. The summed E-state index contributed by atoms with van der Waals surface area (Å²) in [6, 6.07) is 14.6. The van der Waals surface area contributed by atoms with E-state index in [1.165, 1.54) is 21.6 Å². The fourth-order valence-corrected chi connectivity index (χ4v) is 2.94. The van der Waals surface area contributed by atoms with Crippen LogP contribution in [0.4, 0.5) is 0 Å². The molecule has 0 saturated carbocycles. The van der Waals surface area contributed by atoms with Gasteiger partial charge in [-0.05, 0) is 49.6 Å². The smallest absolute Gasteiger partial charge is 0.0884 e. The number of aryl methyl sites for hydroxylation is 3. The van der Waals surface area contributed by atoms with Crippen molar-refractivity contribution < 1.29 is 5.11 Å². The first-order valence-electron chi connectivity index (χ1n) is 6.51. The first kappa shape index (κ1) is 14.2. The van der Waals surface area contributed by atoms with E-state index in [9.17, 15) is 5.11 Å². The standard InChI is InChI=1S/C17H20OS/c1-12-5-4-6-16(9-12)19-11-17(18)15-8-7-13(2)14(3)10-15/h4-10,17-18H,11H2,1-3H3. The first-order valence-corrected chi connectivity index (χ1v) is 7.49. The molecule has 0 amide bonds. The van der Waals surface area contributed by atoms with E-state index in [4.69, 9.17) is 0 Å². The minimum absolute atomic E-state index is 0.412. The van der Waals surface area contributed by atoms with E-state index in [1.807, 2.05) is 6.07 Å². The van der Waals surface area contributed by atoms with Crippen LogP contribution in [0.1, 0.15) is 28.4 Å². The van der Waals surface area contributed by atoms with Crippen LogP contribution in [0.25, 0.3) is 0 Å². The Kier molecular flexibility index (Phi) is 4.67. The van der Waals surface area contributed by atoms with Gasteiger partial charge in [0, 0.05) is 10.6 Å². The average molecular weight is 272 g/mol. The molecular weight excluding hydrogens is 252 g/mol. The van der Waals surface area contributed by atoms with Crippen LogP contribution >= 0.6 is 11.8 Å². The second kappa shape index (κ2) is 6.27. The van der Waals surface area contributed by atoms with Crippen molar-refractivity contribution in [2.24, 2.45) is 0 Å². The molecule has 1 unspecified atom stereocenters. The molecule has 2 heteroatoms. The summed E-state index contributed by atoms with van der Waals surface area (Å²) in [5.41, 5.74) is 4.76. The summed E-state index contributed by atoms with van der Waals surface area (Å²) in [6.07, 6.45) is -0.412. The van der Waals surface area contributed by atoms with Crippen molar-refractivity contribution in [3.63, 3.8) is 0 Å². The summed E-state index contributed by atoms with van der Waals surface area (Å²) < 4.78 is 0. The first-order chi connectivity index (χ1) is 9.06. The van der Waals surface area contributed by atoms with Crippen LogP contribution in [-0.4, -0.2) is 10.9 Å². The number of hydrogen-bond acceptors (Lipinski definition) is 2. The van der Waals surface area contributed by atoms with Crippen molar-refractivity contribution in [2.75, 3.05) is 5.75 Å². The van der Waals surface area contributed by atoms with Gasteiger partial charge in [0.2, 0.25) is 0 Å². The molecule has 0 aliphatic rings. The monoisotopic (exact) mass is 272 g/mol. The summed E-state index contributed by atoms with van der Waals surface area (Å²) in [6.45, 7) is 6.26. The summed E-state index contributed by atoms with van der Waals surface area (Å²) in [4.78, 5) is 1.21. The van der Waals surface area contributed by atoms with Crippen LogP contribution in [0.15, 0.2) is 47.4 Å². The zero-order valence-corrected chi connectivity index (χ0v) is 12.5. The van der Waals surface area contributed by atoms with Gasteiger partial charge in [-0.3, -0.25) is 0 Å². The predicted octanol–water partition coefficient (Wildman–Crippen LogP) is 4.44. The molecular formula is C17H20OS. The Morgan fingerprint density at radius 3 is 2.47 bits per heavy atom. The van der Waals surface area contributed by atoms with Gasteiger partial charge in [0.25, 0.3) is 0 Å². The van der Waals surface area contributed by atoms with E-state index in [2.05, 4.69) is 57.2 Å². The van der Waals surface area contributed by atoms with Crippen molar-refractivity contribution in [3.8, 4) is 0 Å². The number of hydrogen-bond donors (Lipinski definition) is 1. The normalized spacial score (nSPS) is 12.4. The molecule has 2 aromatic rings. The molecule has 0 spiro atoms. The minimum Gasteiger partial charge on any atom is -0.388 e. The minimum atomic E-state index is -0.412. The Morgan fingerprint density at radius 2 is 1.79 bits per heavy atom. The molecule has 0 heterocycles. The van der Waals surface area contributed by atoms with Crippen molar-refractivity contribution in [2.45, 2.75) is 31.8 Å². The third-order valence-corrected chi connectivity index (χ3v) is 4.38. The van der Waals surface area contributed by atoms with Gasteiger partial charge in [0.15, 0.2) is 0 Å². The lowest BCUT2D eigenvalue weighted by molar-refractivity contribution is 0.204. The summed E-state index contributed by atoms with van der Waals surface area (Å²) in [7, 11) is 0. The molecule has 2 rings (SSSR count). The second-order valence-electron chi connectivity index (χ2n) is 4.99. The molecule has 0 aliphatic heterocycles. The van der Waals surface area contributed by atoms with Crippen LogP contribution < -0.4 is 0 Å². The third-order valence-electron chi connectivity index (χ3n) is 3.31. The maximum absolute atomic E-state index is 10.2. The van der Waals surface area contributed by atoms with Gasteiger partial charge in [-0.1, -0.05) is 35.9 Å². The zero-order chi connectivity index (χ0) is 13.8. The van der Waals surface area contributed by atoms with E-state index < -0.39 is 6.10 Å². The molecule has 1 N–H and O–H groups in total. The largest absolute Gasteiger partial charge is 0.388 e. The van der Waals surface area contributed by atoms with E-state index in [1.54, 1.807) is 11.8 Å². The van der Waals surface area contributed by atoms with Crippen molar-refractivity contribution >= 4 is 11.8 Å². The van der Waals surface area contributed by atoms with Gasteiger partial charge in [0.05, 0.1) is 6.10 Å². The third kappa shape index (κ3) is 3.85. The lowest BCUT2D eigenvalue weighted by Gasteiger charge is -2.12. The Labute approximate surface area is 119 Å². The van der Waals surface area contributed by atoms with Crippen LogP contribution in [0.3, 0.4) is 0 Å². The zero-order valence-electron chi connectivity index (χ0n) is 11.7. The molecule has 2 aromatic carbocycles. The maximum Gasteiger partial charge on any atom is 0.0884 e. The van der Waals surface area contributed by atoms with Crippen LogP contribution in [0.5, 0.6) is 0 Å². The van der Waals surface area contributed by atoms with Gasteiger partial charge in [0.1, 0.15) is 0 Å².